The summed E-state index contributed by atoms with van der Waals surface area (Å²) in [7, 11) is 0. The Labute approximate surface area is 104 Å². The maximum Gasteiger partial charge on any atom is 0.333 e. The van der Waals surface area contributed by atoms with Crippen LogP contribution in [0, 0.1) is 16.7 Å². The number of fused-ring (bicyclic) bond motifs is 2. The van der Waals surface area contributed by atoms with E-state index in [2.05, 4.69) is 20.8 Å². The molecule has 0 aromatic rings. The second kappa shape index (κ2) is 3.86. The van der Waals surface area contributed by atoms with Gasteiger partial charge in [-0.25, -0.2) is 4.79 Å². The van der Waals surface area contributed by atoms with Gasteiger partial charge in [0.1, 0.15) is 6.10 Å². The molecule has 2 saturated carbocycles. The Balaban J connectivity index is 2.14. The van der Waals surface area contributed by atoms with Crippen molar-refractivity contribution in [2.24, 2.45) is 16.7 Å². The standard InChI is InChI=1S/C15H24O2/c1-6-10(2)13(16)17-12-9-11-7-8-15(12,5)14(11,3)4/h6,11-12H,7-9H2,1-5H3. The van der Waals surface area contributed by atoms with Crippen molar-refractivity contribution in [3.63, 3.8) is 0 Å². The van der Waals surface area contributed by atoms with Crippen LogP contribution in [-0.4, -0.2) is 12.1 Å². The summed E-state index contributed by atoms with van der Waals surface area (Å²) in [6, 6.07) is 0. The topological polar surface area (TPSA) is 26.3 Å². The molecule has 3 atom stereocenters. The summed E-state index contributed by atoms with van der Waals surface area (Å²) >= 11 is 0. The van der Waals surface area contributed by atoms with Gasteiger partial charge in [0.05, 0.1) is 0 Å². The molecule has 0 aromatic carbocycles. The van der Waals surface area contributed by atoms with E-state index >= 15 is 0 Å². The number of carbonyl (C=O) groups excluding carboxylic acids is 1. The molecular weight excluding hydrogens is 212 g/mol. The van der Waals surface area contributed by atoms with Crippen molar-refractivity contribution >= 4 is 5.97 Å². The van der Waals surface area contributed by atoms with Crippen LogP contribution in [0.1, 0.15) is 53.9 Å². The van der Waals surface area contributed by atoms with Gasteiger partial charge in [0.15, 0.2) is 0 Å². The molecule has 0 amide bonds. The van der Waals surface area contributed by atoms with Crippen LogP contribution in [0.15, 0.2) is 11.6 Å². The highest BCUT2D eigenvalue weighted by Crippen LogP contribution is 2.66. The van der Waals surface area contributed by atoms with Crippen LogP contribution >= 0.6 is 0 Å². The van der Waals surface area contributed by atoms with Gasteiger partial charge in [-0.15, -0.1) is 0 Å². The Morgan fingerprint density at radius 1 is 1.35 bits per heavy atom. The molecule has 0 heterocycles. The zero-order valence-electron chi connectivity index (χ0n) is 11.7. The zero-order chi connectivity index (χ0) is 12.8. The first-order valence-corrected chi connectivity index (χ1v) is 6.67. The molecule has 0 radical (unpaired) electrons. The van der Waals surface area contributed by atoms with E-state index in [1.54, 1.807) is 0 Å². The highest BCUT2D eigenvalue weighted by Gasteiger charge is 2.62. The molecule has 2 rings (SSSR count). The molecule has 2 aliphatic rings. The fourth-order valence-corrected chi connectivity index (χ4v) is 3.65. The zero-order valence-corrected chi connectivity index (χ0v) is 11.7. The Morgan fingerprint density at radius 3 is 2.41 bits per heavy atom. The van der Waals surface area contributed by atoms with Gasteiger partial charge in [-0.2, -0.15) is 0 Å². The van der Waals surface area contributed by atoms with Gasteiger partial charge in [0.25, 0.3) is 0 Å². The molecule has 96 valence electrons. The molecule has 0 aromatic heterocycles. The molecule has 2 bridgehead atoms. The van der Waals surface area contributed by atoms with Crippen LogP contribution in [0.5, 0.6) is 0 Å². The molecule has 2 fully saturated rings. The van der Waals surface area contributed by atoms with E-state index in [-0.39, 0.29) is 17.5 Å². The van der Waals surface area contributed by atoms with Crippen LogP contribution in [0.3, 0.4) is 0 Å². The predicted molar refractivity (Wildman–Crippen MR) is 68.5 cm³/mol. The minimum Gasteiger partial charge on any atom is -0.458 e. The van der Waals surface area contributed by atoms with Crippen LogP contribution in [-0.2, 0) is 9.53 Å². The van der Waals surface area contributed by atoms with Crippen molar-refractivity contribution < 1.29 is 9.53 Å². The summed E-state index contributed by atoms with van der Waals surface area (Å²) < 4.78 is 5.73. The maximum absolute atomic E-state index is 11.9. The molecule has 2 nitrogen and oxygen atoms in total. The first-order valence-electron chi connectivity index (χ1n) is 6.67. The number of hydrogen-bond donors (Lipinski definition) is 0. The van der Waals surface area contributed by atoms with E-state index in [0.717, 1.165) is 12.3 Å². The summed E-state index contributed by atoms with van der Waals surface area (Å²) in [6.07, 6.45) is 5.46. The number of esters is 1. The van der Waals surface area contributed by atoms with E-state index in [9.17, 15) is 4.79 Å². The van der Waals surface area contributed by atoms with E-state index < -0.39 is 0 Å². The summed E-state index contributed by atoms with van der Waals surface area (Å²) in [4.78, 5) is 11.9. The third-order valence-electron chi connectivity index (χ3n) is 5.72. The van der Waals surface area contributed by atoms with Crippen molar-refractivity contribution in [1.29, 1.82) is 0 Å². The van der Waals surface area contributed by atoms with Crippen molar-refractivity contribution in [2.75, 3.05) is 0 Å². The van der Waals surface area contributed by atoms with Crippen LogP contribution in [0.4, 0.5) is 0 Å². The molecule has 0 spiro atoms. The first-order chi connectivity index (χ1) is 7.83. The van der Waals surface area contributed by atoms with Crippen molar-refractivity contribution in [1.82, 2.24) is 0 Å². The van der Waals surface area contributed by atoms with Gasteiger partial charge >= 0.3 is 5.97 Å². The molecule has 2 heteroatoms. The number of rotatable bonds is 2. The lowest BCUT2D eigenvalue weighted by molar-refractivity contribution is -0.151. The lowest BCUT2D eigenvalue weighted by Crippen LogP contribution is -2.38. The monoisotopic (exact) mass is 236 g/mol. The highest BCUT2D eigenvalue weighted by atomic mass is 16.5. The number of allylic oxidation sites excluding steroid dienone is 1. The third kappa shape index (κ3) is 1.64. The lowest BCUT2D eigenvalue weighted by atomic mass is 9.70. The first kappa shape index (κ1) is 12.7. The van der Waals surface area contributed by atoms with Crippen LogP contribution < -0.4 is 0 Å². The molecule has 0 saturated heterocycles. The van der Waals surface area contributed by atoms with E-state index in [1.165, 1.54) is 12.8 Å². The average Bonchev–Trinajstić information content (AvgIpc) is 2.60. The van der Waals surface area contributed by atoms with Gasteiger partial charge in [0.2, 0.25) is 0 Å². The van der Waals surface area contributed by atoms with Crippen molar-refractivity contribution in [2.45, 2.75) is 60.0 Å². The summed E-state index contributed by atoms with van der Waals surface area (Å²) in [5.74, 6) is 0.582. The Morgan fingerprint density at radius 2 is 2.00 bits per heavy atom. The molecular formula is C15H24O2. The summed E-state index contributed by atoms with van der Waals surface area (Å²) in [6.45, 7) is 10.7. The molecule has 3 unspecified atom stereocenters. The third-order valence-corrected chi connectivity index (χ3v) is 5.72. The minimum absolute atomic E-state index is 0.110. The Bertz CT molecular complexity index is 367. The second-order valence-electron chi connectivity index (χ2n) is 6.48. The van der Waals surface area contributed by atoms with Gasteiger partial charge in [-0.3, -0.25) is 0 Å². The lowest BCUT2D eigenvalue weighted by Gasteiger charge is -2.38. The quantitative estimate of drug-likeness (QED) is 0.539. The summed E-state index contributed by atoms with van der Waals surface area (Å²) in [5.41, 5.74) is 1.19. The number of carbonyl (C=O) groups is 1. The number of ether oxygens (including phenoxy) is 1. The minimum atomic E-state index is -0.137. The van der Waals surface area contributed by atoms with Gasteiger partial charge < -0.3 is 4.74 Å². The van der Waals surface area contributed by atoms with Crippen LogP contribution in [0.2, 0.25) is 0 Å². The SMILES string of the molecule is CC=C(C)C(=O)OC1CC2CCC1(C)C2(C)C. The van der Waals surface area contributed by atoms with Crippen molar-refractivity contribution in [3.8, 4) is 0 Å². The second-order valence-corrected chi connectivity index (χ2v) is 6.48. The molecule has 0 aliphatic heterocycles. The average molecular weight is 236 g/mol. The van der Waals surface area contributed by atoms with E-state index in [4.69, 9.17) is 4.74 Å². The fraction of sp³-hybridized carbons (Fsp3) is 0.800. The Hall–Kier alpha value is -0.790. The molecule has 0 N–H and O–H groups in total. The van der Waals surface area contributed by atoms with Gasteiger partial charge in [-0.05, 0) is 44.4 Å². The summed E-state index contributed by atoms with van der Waals surface area (Å²) in [5, 5.41) is 0. The van der Waals surface area contributed by atoms with E-state index in [0.29, 0.717) is 11.0 Å². The maximum atomic E-state index is 11.9. The molecule has 2 aliphatic carbocycles. The van der Waals surface area contributed by atoms with Gasteiger partial charge in [0, 0.05) is 11.0 Å². The molecule has 17 heavy (non-hydrogen) atoms. The van der Waals surface area contributed by atoms with Crippen molar-refractivity contribution in [3.05, 3.63) is 11.6 Å². The predicted octanol–water partition coefficient (Wildman–Crippen LogP) is 3.71. The smallest absolute Gasteiger partial charge is 0.333 e. The van der Waals surface area contributed by atoms with Crippen LogP contribution in [0.25, 0.3) is 0 Å². The fourth-order valence-electron chi connectivity index (χ4n) is 3.65. The normalized spacial score (nSPS) is 39.5. The van der Waals surface area contributed by atoms with Gasteiger partial charge in [-0.1, -0.05) is 26.8 Å². The largest absolute Gasteiger partial charge is 0.458 e. The van der Waals surface area contributed by atoms with E-state index in [1.807, 2.05) is 19.9 Å². The number of hydrogen-bond acceptors (Lipinski definition) is 2. The highest BCUT2D eigenvalue weighted by molar-refractivity contribution is 5.87. The Kier molecular flexibility index (Phi) is 2.87.